The summed E-state index contributed by atoms with van der Waals surface area (Å²) in [7, 11) is 0. The van der Waals surface area contributed by atoms with Crippen molar-refractivity contribution in [1.82, 2.24) is 40.4 Å². The summed E-state index contributed by atoms with van der Waals surface area (Å²) >= 11 is 0. The number of nitrogens with one attached hydrogen (secondary N) is 7. The first-order valence-electron chi connectivity index (χ1n) is 27.3. The van der Waals surface area contributed by atoms with Crippen LogP contribution in [0.5, 0.6) is 0 Å². The van der Waals surface area contributed by atoms with Gasteiger partial charge in [0.2, 0.25) is 5.91 Å². The number of amides is 4. The van der Waals surface area contributed by atoms with Crippen molar-refractivity contribution in [2.24, 2.45) is 0 Å². The third-order valence-corrected chi connectivity index (χ3v) is 12.3. The molecule has 0 unspecified atom stereocenters. The molecule has 0 aliphatic carbocycles. The third-order valence-electron chi connectivity index (χ3n) is 12.3. The summed E-state index contributed by atoms with van der Waals surface area (Å²) in [6, 6.07) is 24.2. The van der Waals surface area contributed by atoms with Crippen LogP contribution in [0.15, 0.2) is 113 Å². The number of nitrogens with two attached hydrogens (primary N) is 1. The number of nitrogen functional groups attached to an aromatic ring is 1. The largest absolute Gasteiger partial charge is 0.459 e. The lowest BCUT2D eigenvalue weighted by Crippen LogP contribution is -2.35. The molecule has 0 spiro atoms. The van der Waals surface area contributed by atoms with E-state index in [1.54, 1.807) is 63.2 Å². The van der Waals surface area contributed by atoms with Gasteiger partial charge in [-0.3, -0.25) is 58.7 Å². The van der Waals surface area contributed by atoms with Gasteiger partial charge in [0.05, 0.1) is 28.7 Å². The number of esters is 1. The lowest BCUT2D eigenvalue weighted by atomic mass is 10.1. The maximum Gasteiger partial charge on any atom is 0.413 e. The van der Waals surface area contributed by atoms with E-state index in [2.05, 4.69) is 41.9 Å². The van der Waals surface area contributed by atoms with E-state index in [0.29, 0.717) is 34.5 Å². The molecule has 2 atom stereocenters. The zero-order valence-electron chi connectivity index (χ0n) is 49.2. The smallest absolute Gasteiger partial charge is 0.413 e. The molecule has 0 aliphatic rings. The first-order valence-corrected chi connectivity index (χ1v) is 27.3. The molecule has 0 radical (unpaired) electrons. The number of amidine groups is 1. The average molecular weight is 1150 g/mol. The Kier molecular flexibility index (Phi) is 23.1. The van der Waals surface area contributed by atoms with Crippen molar-refractivity contribution >= 4 is 58.6 Å². The van der Waals surface area contributed by atoms with E-state index < -0.39 is 52.1 Å². The number of aromatic nitrogens is 4. The highest BCUT2D eigenvalue weighted by atomic mass is 16.6. The lowest BCUT2D eigenvalue weighted by molar-refractivity contribution is -0.384. The minimum Gasteiger partial charge on any atom is -0.459 e. The maximum atomic E-state index is 13.6. The predicted molar refractivity (Wildman–Crippen MR) is 322 cm³/mol. The number of alkyl carbamates (subject to hydrolysis) is 1. The molecule has 2 aromatic heterocycles. The van der Waals surface area contributed by atoms with Gasteiger partial charge in [0, 0.05) is 76.3 Å². The van der Waals surface area contributed by atoms with Gasteiger partial charge < -0.3 is 41.8 Å². The average Bonchev–Trinajstić information content (AvgIpc) is 3.27. The highest BCUT2D eigenvalue weighted by Crippen LogP contribution is 2.27. The Morgan fingerprint density at radius 2 is 1.20 bits per heavy atom. The van der Waals surface area contributed by atoms with Gasteiger partial charge in [-0.05, 0) is 111 Å². The van der Waals surface area contributed by atoms with E-state index in [-0.39, 0.29) is 89.8 Å². The molecule has 6 rings (SSSR count). The molecule has 4 amide bonds. The Morgan fingerprint density at radius 3 is 1.70 bits per heavy atom. The summed E-state index contributed by atoms with van der Waals surface area (Å²) in [4.78, 5) is 110. The molecule has 9 N–H and O–H groups in total. The van der Waals surface area contributed by atoms with Crippen LogP contribution in [0.2, 0.25) is 0 Å². The highest BCUT2D eigenvalue weighted by Gasteiger charge is 2.24. The minimum absolute atomic E-state index is 0.0208. The molecular weight excluding hydrogens is 1080 g/mol. The van der Waals surface area contributed by atoms with Crippen LogP contribution < -0.4 is 48.8 Å². The van der Waals surface area contributed by atoms with Crippen molar-refractivity contribution in [3.05, 3.63) is 162 Å². The van der Waals surface area contributed by atoms with Crippen molar-refractivity contribution in [3.8, 4) is 22.5 Å². The fraction of sp³-hybridized carbons (Fsp3) is 0.367. The molecule has 6 aromatic rings. The second kappa shape index (κ2) is 29.8. The minimum atomic E-state index is -0.778. The molecular formula is C60H75N13O11. The fourth-order valence-electron chi connectivity index (χ4n) is 7.87. The van der Waals surface area contributed by atoms with E-state index in [1.165, 1.54) is 35.2 Å². The van der Waals surface area contributed by atoms with Crippen LogP contribution in [-0.2, 0) is 45.3 Å². The van der Waals surface area contributed by atoms with Crippen molar-refractivity contribution in [2.45, 2.75) is 145 Å². The Bertz CT molecular complexity index is 3460. The van der Waals surface area contributed by atoms with E-state index in [9.17, 15) is 43.7 Å². The molecule has 0 fully saturated rings. The Morgan fingerprint density at radius 1 is 0.690 bits per heavy atom. The molecule has 24 heteroatoms. The number of rotatable bonds is 22. The van der Waals surface area contributed by atoms with Gasteiger partial charge in [0.15, 0.2) is 11.6 Å². The number of anilines is 3. The molecule has 446 valence electrons. The number of carbonyl (C=O) groups excluding carboxylic acids is 5. The highest BCUT2D eigenvalue weighted by molar-refractivity contribution is 6.04. The monoisotopic (exact) mass is 1150 g/mol. The van der Waals surface area contributed by atoms with Gasteiger partial charge in [0.1, 0.15) is 31.1 Å². The first kappa shape index (κ1) is 65.1. The zero-order chi connectivity index (χ0) is 62.0. The van der Waals surface area contributed by atoms with E-state index in [0.717, 1.165) is 22.1 Å². The number of nitro groups is 1. The number of non-ortho nitro benzene ring substituents is 1. The molecule has 0 saturated carbocycles. The zero-order valence-corrected chi connectivity index (χ0v) is 49.2. The number of ether oxygens (including phenoxy) is 2. The SMILES string of the molecule is CC[C@@H](C)NC(=O)c1cc(-c2cnc(NC(C)C)c(=O)n2CC(=O)OC(C)(C)C)cc([N+](=O)[O-])c1.CC[C@@H](C)NC(=O)c1cc(N)cc(-c2cnc(NC(C)C)c(=O)n2CC(=O)NCc2ccc(C(=N)NC(=O)OCc3ccccc3)cc2)c1. The van der Waals surface area contributed by atoms with Gasteiger partial charge in [-0.25, -0.2) is 14.8 Å². The summed E-state index contributed by atoms with van der Waals surface area (Å²) in [6.45, 7) is 19.5. The van der Waals surface area contributed by atoms with Gasteiger partial charge in [-0.15, -0.1) is 0 Å². The number of hydrogen-bond donors (Lipinski definition) is 8. The second-order valence-corrected chi connectivity index (χ2v) is 21.4. The normalized spacial score (nSPS) is 11.7. The van der Waals surface area contributed by atoms with Gasteiger partial charge >= 0.3 is 12.1 Å². The van der Waals surface area contributed by atoms with E-state index in [1.807, 2.05) is 85.7 Å². The summed E-state index contributed by atoms with van der Waals surface area (Å²) in [5, 5.41) is 36.7. The Balaban J connectivity index is 0.000000326. The number of carbonyl (C=O) groups is 5. The van der Waals surface area contributed by atoms with Crippen LogP contribution >= 0.6 is 0 Å². The molecule has 24 nitrogen and oxygen atoms in total. The molecule has 4 aromatic carbocycles. The maximum absolute atomic E-state index is 13.6. The van der Waals surface area contributed by atoms with Gasteiger partial charge in [0.25, 0.3) is 28.6 Å². The van der Waals surface area contributed by atoms with E-state index in [4.69, 9.17) is 20.6 Å². The Labute approximate surface area is 487 Å². The third kappa shape index (κ3) is 19.5. The fourth-order valence-corrected chi connectivity index (χ4v) is 7.87. The molecule has 0 saturated heterocycles. The Hall–Kier alpha value is -9.74. The number of hydrogen-bond acceptors (Lipinski definition) is 17. The van der Waals surface area contributed by atoms with Crippen LogP contribution in [0.1, 0.15) is 126 Å². The van der Waals surface area contributed by atoms with Crippen molar-refractivity contribution in [1.29, 1.82) is 5.41 Å². The summed E-state index contributed by atoms with van der Waals surface area (Å²) in [6.07, 6.45) is 3.50. The predicted octanol–water partition coefficient (Wildman–Crippen LogP) is 7.92. The quantitative estimate of drug-likeness (QED) is 0.00799. The molecule has 2 heterocycles. The number of nitro benzene ring substituents is 1. The van der Waals surface area contributed by atoms with Crippen LogP contribution in [0, 0.1) is 15.5 Å². The van der Waals surface area contributed by atoms with Crippen molar-refractivity contribution < 1.29 is 38.4 Å². The topological polar surface area (TPSA) is 339 Å². The van der Waals surface area contributed by atoms with Gasteiger partial charge in [-0.1, -0.05) is 68.4 Å². The van der Waals surface area contributed by atoms with Crippen LogP contribution in [0.25, 0.3) is 22.5 Å². The van der Waals surface area contributed by atoms with Crippen LogP contribution in [-0.4, -0.2) is 89.4 Å². The van der Waals surface area contributed by atoms with Crippen molar-refractivity contribution in [3.63, 3.8) is 0 Å². The molecule has 0 aliphatic heterocycles. The second-order valence-electron chi connectivity index (χ2n) is 21.4. The van der Waals surface area contributed by atoms with Crippen LogP contribution in [0.4, 0.5) is 27.8 Å². The van der Waals surface area contributed by atoms with Crippen molar-refractivity contribution in [2.75, 3.05) is 16.4 Å². The van der Waals surface area contributed by atoms with Crippen LogP contribution in [0.3, 0.4) is 0 Å². The molecule has 0 bridgehead atoms. The summed E-state index contributed by atoms with van der Waals surface area (Å²) in [5.41, 5.74) is 7.74. The van der Waals surface area contributed by atoms with Gasteiger partial charge in [-0.2, -0.15) is 0 Å². The number of benzene rings is 4. The summed E-state index contributed by atoms with van der Waals surface area (Å²) < 4.78 is 13.0. The lowest BCUT2D eigenvalue weighted by Gasteiger charge is -2.21. The molecule has 84 heavy (non-hydrogen) atoms. The summed E-state index contributed by atoms with van der Waals surface area (Å²) in [5.74, 6) is -1.93. The number of nitrogens with zero attached hydrogens (tertiary/aromatic N) is 5. The van der Waals surface area contributed by atoms with E-state index >= 15 is 0 Å². The standard InChI is InChI=1S/C36H42N8O5.C24H33N5O6/c1-5-23(4)42-34(46)28-15-27(16-29(37)17-28)30-19-40-33(41-22(2)3)35(47)44(30)20-31(45)39-18-24-11-13-26(14-12-24)32(38)43-36(48)49-21-25-9-7-6-8-10-25;1-8-15(4)27-22(31)17-9-16(10-18(11-17)29(33)34)19-12-25-21(26-14(2)3)23(32)28(19)13-20(30)35-24(5,6)7/h6-17,19,22-23H,5,18,20-21,37H2,1-4H3,(H,39,45)(H,40,41)(H,42,46)(H2,38,43,48);9-12,14-15H,8,13H2,1-7H3,(H,25,26)(H,27,31)/t23-;15-/m11/s1. The first-order chi connectivity index (χ1) is 39.6.